The van der Waals surface area contributed by atoms with Crippen LogP contribution < -0.4 is 10.1 Å². The molecule has 1 aliphatic heterocycles. The fraction of sp³-hybridized carbons (Fsp3) is 0.294. The van der Waals surface area contributed by atoms with Gasteiger partial charge in [0.2, 0.25) is 0 Å². The highest BCUT2D eigenvalue weighted by Crippen LogP contribution is 2.33. The molecule has 2 aromatic rings. The van der Waals surface area contributed by atoms with Crippen LogP contribution in [0.15, 0.2) is 36.4 Å². The quantitative estimate of drug-likeness (QED) is 0.921. The lowest BCUT2D eigenvalue weighted by molar-refractivity contribution is 0.288. The van der Waals surface area contributed by atoms with Gasteiger partial charge in [0, 0.05) is 0 Å². The number of fused-ring (bicyclic) bond motifs is 1. The van der Waals surface area contributed by atoms with Crippen molar-refractivity contribution < 1.29 is 9.13 Å². The topological polar surface area (TPSA) is 21.3 Å². The number of aryl methyl sites for hydroxylation is 1. The van der Waals surface area contributed by atoms with Crippen molar-refractivity contribution in [1.29, 1.82) is 0 Å². The average molecular weight is 306 g/mol. The van der Waals surface area contributed by atoms with Crippen molar-refractivity contribution in [3.8, 4) is 5.75 Å². The third-order valence-electron chi connectivity index (χ3n) is 3.85. The second kappa shape index (κ2) is 6.04. The fourth-order valence-electron chi connectivity index (χ4n) is 2.81. The summed E-state index contributed by atoms with van der Waals surface area (Å²) in [5.74, 6) is 0.556. The average Bonchev–Trinajstić information content (AvgIpc) is 2.52. The number of rotatable bonds is 3. The van der Waals surface area contributed by atoms with E-state index < -0.39 is 5.82 Å². The number of hydrogen-bond donors (Lipinski definition) is 1. The van der Waals surface area contributed by atoms with Gasteiger partial charge in [0.15, 0.2) is 0 Å². The van der Waals surface area contributed by atoms with E-state index in [1.807, 2.05) is 25.2 Å². The zero-order chi connectivity index (χ0) is 14.8. The molecule has 0 aliphatic carbocycles. The summed E-state index contributed by atoms with van der Waals surface area (Å²) in [6, 6.07) is 10.9. The van der Waals surface area contributed by atoms with Gasteiger partial charge in [0.05, 0.1) is 17.7 Å². The molecular formula is C17H17ClFNO. The number of ether oxygens (including phenoxy) is 1. The van der Waals surface area contributed by atoms with Crippen LogP contribution >= 0.6 is 11.6 Å². The smallest absolute Gasteiger partial charge is 0.142 e. The molecule has 110 valence electrons. The molecule has 0 aromatic heterocycles. The van der Waals surface area contributed by atoms with Gasteiger partial charge in [-0.3, -0.25) is 0 Å². The zero-order valence-corrected chi connectivity index (χ0v) is 12.6. The van der Waals surface area contributed by atoms with Crippen molar-refractivity contribution in [1.82, 2.24) is 5.32 Å². The van der Waals surface area contributed by atoms with Gasteiger partial charge in [-0.2, -0.15) is 0 Å². The van der Waals surface area contributed by atoms with E-state index in [0.717, 1.165) is 36.3 Å². The molecule has 0 saturated heterocycles. The number of halogens is 2. The zero-order valence-electron chi connectivity index (χ0n) is 11.8. The summed E-state index contributed by atoms with van der Waals surface area (Å²) in [6.07, 6.45) is 2.04. The normalized spacial score (nSPS) is 15.2. The van der Waals surface area contributed by atoms with E-state index in [4.69, 9.17) is 16.3 Å². The van der Waals surface area contributed by atoms with Crippen molar-refractivity contribution in [2.24, 2.45) is 0 Å². The summed E-state index contributed by atoms with van der Waals surface area (Å²) >= 11 is 6.12. The van der Waals surface area contributed by atoms with Gasteiger partial charge < -0.3 is 10.1 Å². The number of nitrogens with one attached hydrogen (secondary N) is 1. The van der Waals surface area contributed by atoms with Crippen molar-refractivity contribution in [2.45, 2.75) is 18.9 Å². The molecule has 1 aliphatic rings. The van der Waals surface area contributed by atoms with Crippen LogP contribution in [-0.4, -0.2) is 13.7 Å². The van der Waals surface area contributed by atoms with E-state index in [9.17, 15) is 4.39 Å². The summed E-state index contributed by atoms with van der Waals surface area (Å²) in [6.45, 7) is 0.775. The van der Waals surface area contributed by atoms with Gasteiger partial charge in [-0.15, -0.1) is 0 Å². The minimum absolute atomic E-state index is 0.138. The molecule has 3 rings (SSSR count). The maximum absolute atomic E-state index is 13.7. The Morgan fingerprint density at radius 1 is 1.29 bits per heavy atom. The molecule has 2 aromatic carbocycles. The summed E-state index contributed by atoms with van der Waals surface area (Å²) in [7, 11) is 1.85. The van der Waals surface area contributed by atoms with E-state index in [0.29, 0.717) is 0 Å². The molecule has 0 spiro atoms. The van der Waals surface area contributed by atoms with Crippen molar-refractivity contribution in [3.05, 3.63) is 63.9 Å². The molecular weight excluding hydrogens is 289 g/mol. The van der Waals surface area contributed by atoms with Crippen molar-refractivity contribution >= 4 is 11.6 Å². The number of benzene rings is 2. The molecule has 21 heavy (non-hydrogen) atoms. The highest BCUT2D eigenvalue weighted by molar-refractivity contribution is 6.31. The Bertz CT molecular complexity index is 659. The Morgan fingerprint density at radius 2 is 2.14 bits per heavy atom. The van der Waals surface area contributed by atoms with Gasteiger partial charge in [0.25, 0.3) is 0 Å². The van der Waals surface area contributed by atoms with E-state index in [1.165, 1.54) is 11.6 Å². The Hall–Kier alpha value is -1.58. The van der Waals surface area contributed by atoms with Crippen LogP contribution in [0.4, 0.5) is 4.39 Å². The van der Waals surface area contributed by atoms with Crippen LogP contribution in [0.3, 0.4) is 0 Å². The van der Waals surface area contributed by atoms with Gasteiger partial charge in [-0.05, 0) is 48.7 Å². The van der Waals surface area contributed by atoms with Gasteiger partial charge in [0.1, 0.15) is 11.6 Å². The molecule has 0 saturated carbocycles. The van der Waals surface area contributed by atoms with Crippen molar-refractivity contribution in [3.63, 3.8) is 0 Å². The molecule has 1 heterocycles. The summed E-state index contributed by atoms with van der Waals surface area (Å²) in [4.78, 5) is 0. The molecule has 1 unspecified atom stereocenters. The Labute approximate surface area is 128 Å². The summed E-state index contributed by atoms with van der Waals surface area (Å²) < 4.78 is 19.3. The second-order valence-electron chi connectivity index (χ2n) is 5.18. The summed E-state index contributed by atoms with van der Waals surface area (Å²) in [5, 5.41) is 3.39. The van der Waals surface area contributed by atoms with Crippen LogP contribution in [0.25, 0.3) is 0 Å². The minimum Gasteiger partial charge on any atom is -0.493 e. The molecule has 0 amide bonds. The Morgan fingerprint density at radius 3 is 2.95 bits per heavy atom. The first-order chi connectivity index (χ1) is 10.2. The standard InChI is InChI=1S/C17H17ClFNO/c1-20-17(13-5-2-6-14(19)16(13)18)12-7-8-15-11(10-12)4-3-9-21-15/h2,5-8,10,17,20H,3-4,9H2,1H3. The minimum atomic E-state index is -0.393. The monoisotopic (exact) mass is 305 g/mol. The second-order valence-corrected chi connectivity index (χ2v) is 5.56. The van der Waals surface area contributed by atoms with Gasteiger partial charge in [-0.25, -0.2) is 4.39 Å². The summed E-state index contributed by atoms with van der Waals surface area (Å²) in [5.41, 5.74) is 3.01. The van der Waals surface area contributed by atoms with Crippen molar-refractivity contribution in [2.75, 3.05) is 13.7 Å². The highest BCUT2D eigenvalue weighted by Gasteiger charge is 2.19. The van der Waals surface area contributed by atoms with E-state index in [-0.39, 0.29) is 11.1 Å². The third-order valence-corrected chi connectivity index (χ3v) is 4.25. The van der Waals surface area contributed by atoms with Crippen LogP contribution in [0.2, 0.25) is 5.02 Å². The van der Waals surface area contributed by atoms with Crippen LogP contribution in [0.1, 0.15) is 29.2 Å². The lowest BCUT2D eigenvalue weighted by Crippen LogP contribution is -2.19. The molecule has 1 N–H and O–H groups in total. The first-order valence-corrected chi connectivity index (χ1v) is 7.45. The Kier molecular flexibility index (Phi) is 4.13. The molecule has 0 bridgehead atoms. The van der Waals surface area contributed by atoms with Crippen LogP contribution in [0, 0.1) is 5.82 Å². The molecule has 1 atom stereocenters. The largest absolute Gasteiger partial charge is 0.493 e. The predicted molar refractivity (Wildman–Crippen MR) is 82.6 cm³/mol. The van der Waals surface area contributed by atoms with E-state index >= 15 is 0 Å². The highest BCUT2D eigenvalue weighted by atomic mass is 35.5. The van der Waals surface area contributed by atoms with Gasteiger partial charge >= 0.3 is 0 Å². The maximum Gasteiger partial charge on any atom is 0.142 e. The Balaban J connectivity index is 2.02. The first kappa shape index (κ1) is 14.4. The molecule has 0 fully saturated rings. The third kappa shape index (κ3) is 2.76. The predicted octanol–water partition coefficient (Wildman–Crippen LogP) is 4.11. The SMILES string of the molecule is CNC(c1ccc2c(c1)CCCO2)c1cccc(F)c1Cl. The van der Waals surface area contributed by atoms with Crippen LogP contribution in [-0.2, 0) is 6.42 Å². The molecule has 4 heteroatoms. The lowest BCUT2D eigenvalue weighted by Gasteiger charge is -2.22. The van der Waals surface area contributed by atoms with Crippen LogP contribution in [0.5, 0.6) is 5.75 Å². The lowest BCUT2D eigenvalue weighted by atomic mass is 9.95. The first-order valence-electron chi connectivity index (χ1n) is 7.07. The fourth-order valence-corrected chi connectivity index (χ4v) is 3.04. The van der Waals surface area contributed by atoms with E-state index in [2.05, 4.69) is 11.4 Å². The van der Waals surface area contributed by atoms with E-state index in [1.54, 1.807) is 6.07 Å². The number of hydrogen-bond acceptors (Lipinski definition) is 2. The molecule has 2 nitrogen and oxygen atoms in total. The van der Waals surface area contributed by atoms with Gasteiger partial charge in [-0.1, -0.05) is 35.9 Å². The maximum atomic E-state index is 13.7. The molecule has 0 radical (unpaired) electrons.